The van der Waals surface area contributed by atoms with Crippen LogP contribution in [0.15, 0.2) is 72.9 Å². The standard InChI is InChI=1S/C26H26ClN5O/c1-32(16-14-29-24-12-13-28-25-18-20(27)7-10-22(24)25)17-15-30-26(33)11-9-21-8-6-19-4-2-3-5-23(19)31-21/h2-13,18H,14-17H2,1H3,(H,28,29)(H,30,33)/b11-9+. The highest BCUT2D eigenvalue weighted by molar-refractivity contribution is 6.31. The average Bonchev–Trinajstić information content (AvgIpc) is 2.82. The Hall–Kier alpha value is -3.48. The second kappa shape index (κ2) is 10.9. The zero-order valence-corrected chi connectivity index (χ0v) is 19.2. The number of amides is 1. The molecule has 0 unspecified atom stereocenters. The number of carbonyl (C=O) groups excluding carboxylic acids is 1. The van der Waals surface area contributed by atoms with Gasteiger partial charge in [0.25, 0.3) is 0 Å². The third-order valence-electron chi connectivity index (χ3n) is 5.33. The van der Waals surface area contributed by atoms with Gasteiger partial charge in [-0.05, 0) is 49.5 Å². The van der Waals surface area contributed by atoms with Gasteiger partial charge in [0.1, 0.15) is 0 Å². The Labute approximate surface area is 198 Å². The number of benzene rings is 2. The number of aromatic nitrogens is 2. The maximum atomic E-state index is 12.1. The molecule has 4 aromatic rings. The Bertz CT molecular complexity index is 1290. The highest BCUT2D eigenvalue weighted by Gasteiger charge is 2.04. The van der Waals surface area contributed by atoms with E-state index in [9.17, 15) is 4.79 Å². The maximum Gasteiger partial charge on any atom is 0.244 e. The van der Waals surface area contributed by atoms with Gasteiger partial charge in [-0.3, -0.25) is 9.78 Å². The van der Waals surface area contributed by atoms with E-state index in [1.165, 1.54) is 6.08 Å². The molecule has 0 fully saturated rings. The van der Waals surface area contributed by atoms with Crippen LogP contribution in [0.1, 0.15) is 5.69 Å². The molecule has 0 atom stereocenters. The molecular formula is C26H26ClN5O. The minimum absolute atomic E-state index is 0.126. The summed E-state index contributed by atoms with van der Waals surface area (Å²) >= 11 is 6.06. The van der Waals surface area contributed by atoms with Crippen LogP contribution in [0.3, 0.4) is 0 Å². The predicted octanol–water partition coefficient (Wildman–Crippen LogP) is 4.61. The first-order valence-corrected chi connectivity index (χ1v) is 11.2. The van der Waals surface area contributed by atoms with Crippen molar-refractivity contribution in [1.29, 1.82) is 0 Å². The quantitative estimate of drug-likeness (QED) is 0.358. The Morgan fingerprint density at radius 2 is 1.88 bits per heavy atom. The molecule has 0 aliphatic rings. The van der Waals surface area contributed by atoms with E-state index in [-0.39, 0.29) is 5.91 Å². The molecule has 0 saturated carbocycles. The summed E-state index contributed by atoms with van der Waals surface area (Å²) in [5, 5.41) is 9.19. The lowest BCUT2D eigenvalue weighted by Crippen LogP contribution is -2.34. The van der Waals surface area contributed by atoms with Crippen LogP contribution < -0.4 is 10.6 Å². The van der Waals surface area contributed by atoms with E-state index in [1.54, 1.807) is 12.3 Å². The molecule has 0 spiro atoms. The van der Waals surface area contributed by atoms with Gasteiger partial charge in [0.05, 0.1) is 16.7 Å². The van der Waals surface area contributed by atoms with Crippen LogP contribution in [0, 0.1) is 0 Å². The summed E-state index contributed by atoms with van der Waals surface area (Å²) in [7, 11) is 2.03. The molecule has 7 heteroatoms. The lowest BCUT2D eigenvalue weighted by atomic mass is 10.2. The summed E-state index contributed by atoms with van der Waals surface area (Å²) in [6.45, 7) is 2.94. The number of fused-ring (bicyclic) bond motifs is 2. The van der Waals surface area contributed by atoms with Crippen molar-refractivity contribution in [2.45, 2.75) is 0 Å². The van der Waals surface area contributed by atoms with Gasteiger partial charge >= 0.3 is 0 Å². The summed E-state index contributed by atoms with van der Waals surface area (Å²) in [6.07, 6.45) is 5.04. The maximum absolute atomic E-state index is 12.1. The van der Waals surface area contributed by atoms with E-state index in [4.69, 9.17) is 11.6 Å². The molecule has 2 aromatic carbocycles. The number of likely N-dealkylation sites (N-methyl/N-ethyl adjacent to an activating group) is 1. The number of nitrogens with one attached hydrogen (secondary N) is 2. The monoisotopic (exact) mass is 459 g/mol. The molecule has 6 nitrogen and oxygen atoms in total. The van der Waals surface area contributed by atoms with Gasteiger partial charge in [0.15, 0.2) is 0 Å². The number of pyridine rings is 2. The first-order chi connectivity index (χ1) is 16.1. The number of carbonyl (C=O) groups is 1. The molecule has 1 amide bonds. The van der Waals surface area contributed by atoms with Crippen LogP contribution in [0.2, 0.25) is 5.02 Å². The van der Waals surface area contributed by atoms with Crippen LogP contribution in [0.25, 0.3) is 27.9 Å². The minimum atomic E-state index is -0.126. The van der Waals surface area contributed by atoms with Gasteiger partial charge in [-0.2, -0.15) is 0 Å². The third-order valence-corrected chi connectivity index (χ3v) is 5.57. The third kappa shape index (κ3) is 6.28. The first-order valence-electron chi connectivity index (χ1n) is 10.9. The van der Waals surface area contributed by atoms with E-state index in [2.05, 4.69) is 25.5 Å². The fourth-order valence-corrected chi connectivity index (χ4v) is 3.70. The van der Waals surface area contributed by atoms with Gasteiger partial charge in [0.2, 0.25) is 5.91 Å². The highest BCUT2D eigenvalue weighted by atomic mass is 35.5. The van der Waals surface area contributed by atoms with Crippen LogP contribution in [-0.4, -0.2) is 54.0 Å². The van der Waals surface area contributed by atoms with Crippen LogP contribution in [-0.2, 0) is 4.79 Å². The van der Waals surface area contributed by atoms with Crippen LogP contribution in [0.4, 0.5) is 5.69 Å². The van der Waals surface area contributed by atoms with Crippen molar-refractivity contribution in [1.82, 2.24) is 20.2 Å². The molecule has 0 saturated heterocycles. The number of nitrogens with zero attached hydrogens (tertiary/aromatic N) is 3. The van der Waals surface area contributed by atoms with E-state index in [1.807, 2.05) is 67.7 Å². The van der Waals surface area contributed by atoms with Crippen molar-refractivity contribution >= 4 is 51.1 Å². The van der Waals surface area contributed by atoms with Crippen LogP contribution in [0.5, 0.6) is 0 Å². The fraction of sp³-hybridized carbons (Fsp3) is 0.192. The molecule has 0 aliphatic heterocycles. The molecule has 168 valence electrons. The molecule has 2 heterocycles. The summed E-state index contributed by atoms with van der Waals surface area (Å²) < 4.78 is 0. The van der Waals surface area contributed by atoms with Gasteiger partial charge in [0, 0.05) is 59.9 Å². The van der Waals surface area contributed by atoms with Crippen molar-refractivity contribution in [2.24, 2.45) is 0 Å². The lowest BCUT2D eigenvalue weighted by Gasteiger charge is -2.18. The number of para-hydroxylation sites is 1. The largest absolute Gasteiger partial charge is 0.383 e. The zero-order chi connectivity index (χ0) is 23.0. The second-order valence-corrected chi connectivity index (χ2v) is 8.24. The fourth-order valence-electron chi connectivity index (χ4n) is 3.53. The highest BCUT2D eigenvalue weighted by Crippen LogP contribution is 2.24. The predicted molar refractivity (Wildman–Crippen MR) is 137 cm³/mol. The zero-order valence-electron chi connectivity index (χ0n) is 18.5. The molecule has 0 bridgehead atoms. The van der Waals surface area contributed by atoms with Gasteiger partial charge in [-0.15, -0.1) is 0 Å². The molecule has 2 N–H and O–H groups in total. The average molecular weight is 460 g/mol. The number of rotatable bonds is 9. The Morgan fingerprint density at radius 3 is 2.79 bits per heavy atom. The minimum Gasteiger partial charge on any atom is -0.383 e. The number of hydrogen-bond acceptors (Lipinski definition) is 5. The van der Waals surface area contributed by atoms with Crippen molar-refractivity contribution in [3.8, 4) is 0 Å². The molecule has 0 radical (unpaired) electrons. The smallest absolute Gasteiger partial charge is 0.244 e. The SMILES string of the molecule is CN(CCNC(=O)/C=C/c1ccc2ccccc2n1)CCNc1ccnc2cc(Cl)ccc12. The van der Waals surface area contributed by atoms with Crippen molar-refractivity contribution in [2.75, 3.05) is 38.5 Å². The van der Waals surface area contributed by atoms with Crippen molar-refractivity contribution in [3.05, 3.63) is 83.7 Å². The lowest BCUT2D eigenvalue weighted by molar-refractivity contribution is -0.116. The van der Waals surface area contributed by atoms with E-state index >= 15 is 0 Å². The Morgan fingerprint density at radius 1 is 1.03 bits per heavy atom. The molecular weight excluding hydrogens is 434 g/mol. The van der Waals surface area contributed by atoms with Gasteiger partial charge in [-0.25, -0.2) is 4.98 Å². The number of anilines is 1. The summed E-state index contributed by atoms with van der Waals surface area (Å²) in [5.41, 5.74) is 3.58. The molecule has 4 rings (SSSR count). The van der Waals surface area contributed by atoms with E-state index in [0.717, 1.165) is 52.8 Å². The number of hydrogen-bond donors (Lipinski definition) is 2. The van der Waals surface area contributed by atoms with Gasteiger partial charge < -0.3 is 15.5 Å². The normalized spacial score (nSPS) is 11.5. The van der Waals surface area contributed by atoms with Crippen molar-refractivity contribution in [3.63, 3.8) is 0 Å². The second-order valence-electron chi connectivity index (χ2n) is 7.80. The number of halogens is 1. The van der Waals surface area contributed by atoms with Crippen LogP contribution >= 0.6 is 11.6 Å². The Balaban J connectivity index is 1.19. The summed E-state index contributed by atoms with van der Waals surface area (Å²) in [5.74, 6) is -0.126. The molecule has 0 aliphatic carbocycles. The van der Waals surface area contributed by atoms with E-state index in [0.29, 0.717) is 11.6 Å². The summed E-state index contributed by atoms with van der Waals surface area (Å²) in [4.78, 5) is 23.2. The first kappa shape index (κ1) is 22.7. The summed E-state index contributed by atoms with van der Waals surface area (Å²) in [6, 6.07) is 19.5. The molecule has 33 heavy (non-hydrogen) atoms. The Kier molecular flexibility index (Phi) is 7.50. The van der Waals surface area contributed by atoms with Gasteiger partial charge in [-0.1, -0.05) is 35.9 Å². The van der Waals surface area contributed by atoms with Crippen molar-refractivity contribution < 1.29 is 4.79 Å². The van der Waals surface area contributed by atoms with E-state index < -0.39 is 0 Å². The topological polar surface area (TPSA) is 70.2 Å². The molecule has 2 aromatic heterocycles.